The molecule has 2 fully saturated rings. The van der Waals surface area contributed by atoms with E-state index in [4.69, 9.17) is 9.47 Å². The van der Waals surface area contributed by atoms with Gasteiger partial charge < -0.3 is 9.47 Å². The van der Waals surface area contributed by atoms with Gasteiger partial charge in [-0.2, -0.15) is 0 Å². The van der Waals surface area contributed by atoms with Gasteiger partial charge in [-0.3, -0.25) is 0 Å². The summed E-state index contributed by atoms with van der Waals surface area (Å²) in [4.78, 5) is 0. The molecule has 0 spiro atoms. The van der Waals surface area contributed by atoms with Gasteiger partial charge in [0, 0.05) is 12.8 Å². The number of rotatable bonds is 5. The zero-order chi connectivity index (χ0) is 16.8. The van der Waals surface area contributed by atoms with Gasteiger partial charge in [0.15, 0.2) is 0 Å². The largest absolute Gasteiger partial charge is 0.373 e. The highest BCUT2D eigenvalue weighted by Gasteiger charge is 2.25. The van der Waals surface area contributed by atoms with E-state index < -0.39 is 0 Å². The van der Waals surface area contributed by atoms with Gasteiger partial charge in [0.2, 0.25) is 0 Å². The fourth-order valence-electron chi connectivity index (χ4n) is 3.79. The summed E-state index contributed by atoms with van der Waals surface area (Å²) in [6.07, 6.45) is 3.00. The molecule has 0 amide bonds. The van der Waals surface area contributed by atoms with E-state index in [1.807, 2.05) is 0 Å². The van der Waals surface area contributed by atoms with E-state index in [1.54, 1.807) is 0 Å². The molecule has 0 N–H and O–H groups in total. The van der Waals surface area contributed by atoms with Crippen molar-refractivity contribution in [1.29, 1.82) is 0 Å². The molecule has 2 nitrogen and oxygen atoms in total. The molecule has 2 aromatic carbocycles. The first-order valence-corrected chi connectivity index (χ1v) is 8.95. The maximum Gasteiger partial charge on any atom is 0.0850 e. The summed E-state index contributed by atoms with van der Waals surface area (Å²) in [5.41, 5.74) is 11.1. The van der Waals surface area contributed by atoms with Crippen LogP contribution in [0, 0.1) is 27.7 Å². The van der Waals surface area contributed by atoms with E-state index in [-0.39, 0.29) is 0 Å². The lowest BCUT2D eigenvalue weighted by Gasteiger charge is -2.15. The highest BCUT2D eigenvalue weighted by Crippen LogP contribution is 2.31. The Hall–Kier alpha value is -1.64. The van der Waals surface area contributed by atoms with Crippen molar-refractivity contribution < 1.29 is 9.47 Å². The summed E-state index contributed by atoms with van der Waals surface area (Å²) in [5.74, 6) is 0. The molecular formula is C22H26O2. The Labute approximate surface area is 144 Å². The van der Waals surface area contributed by atoms with Crippen molar-refractivity contribution in [2.75, 3.05) is 13.2 Å². The van der Waals surface area contributed by atoms with Gasteiger partial charge in [0.1, 0.15) is 0 Å². The minimum absolute atomic E-state index is 0.446. The zero-order valence-electron chi connectivity index (χ0n) is 15.1. The van der Waals surface area contributed by atoms with Gasteiger partial charge in [-0.05, 0) is 72.2 Å². The van der Waals surface area contributed by atoms with E-state index in [0.29, 0.717) is 12.2 Å². The molecule has 0 aromatic heterocycles. The summed E-state index contributed by atoms with van der Waals surface area (Å²) in [5, 5.41) is 0. The van der Waals surface area contributed by atoms with Gasteiger partial charge >= 0.3 is 0 Å². The van der Waals surface area contributed by atoms with Crippen LogP contribution in [-0.4, -0.2) is 25.4 Å². The zero-order valence-corrected chi connectivity index (χ0v) is 15.1. The van der Waals surface area contributed by atoms with Gasteiger partial charge in [0.05, 0.1) is 25.4 Å². The second-order valence-corrected chi connectivity index (χ2v) is 7.50. The predicted molar refractivity (Wildman–Crippen MR) is 97.7 cm³/mol. The average Bonchev–Trinajstić information content (AvgIpc) is 3.42. The molecule has 2 aliphatic rings. The van der Waals surface area contributed by atoms with Crippen LogP contribution in [0.2, 0.25) is 0 Å². The van der Waals surface area contributed by atoms with Crippen LogP contribution in [-0.2, 0) is 22.3 Å². The van der Waals surface area contributed by atoms with Crippen LogP contribution in [0.5, 0.6) is 0 Å². The van der Waals surface area contributed by atoms with Crippen LogP contribution in [0.15, 0.2) is 24.3 Å². The number of epoxide rings is 2. The van der Waals surface area contributed by atoms with Crippen LogP contribution in [0.25, 0.3) is 11.1 Å². The Bertz CT molecular complexity index is 669. The van der Waals surface area contributed by atoms with Crippen LogP contribution in [0.4, 0.5) is 0 Å². The van der Waals surface area contributed by atoms with Crippen molar-refractivity contribution in [2.24, 2.45) is 0 Å². The maximum atomic E-state index is 5.41. The number of hydrogen-bond donors (Lipinski definition) is 0. The van der Waals surface area contributed by atoms with Crippen molar-refractivity contribution in [3.8, 4) is 11.1 Å². The Balaban J connectivity index is 1.67. The highest BCUT2D eigenvalue weighted by molar-refractivity contribution is 5.69. The summed E-state index contributed by atoms with van der Waals surface area (Å²) < 4.78 is 10.8. The number of aryl methyl sites for hydroxylation is 4. The molecule has 2 unspecified atom stereocenters. The summed E-state index contributed by atoms with van der Waals surface area (Å²) in [6, 6.07) is 9.34. The van der Waals surface area contributed by atoms with Crippen molar-refractivity contribution in [3.63, 3.8) is 0 Å². The lowest BCUT2D eigenvalue weighted by molar-refractivity contribution is 0.407. The molecule has 126 valence electrons. The topological polar surface area (TPSA) is 25.1 Å². The SMILES string of the molecule is Cc1cc(-c2cc(C)c(CC3CO3)c(C)c2)cc(C)c1CC1CO1. The molecule has 24 heavy (non-hydrogen) atoms. The lowest BCUT2D eigenvalue weighted by Crippen LogP contribution is -2.02. The highest BCUT2D eigenvalue weighted by atomic mass is 16.6. The first-order chi connectivity index (χ1) is 11.5. The molecule has 0 saturated carbocycles. The van der Waals surface area contributed by atoms with Gasteiger partial charge in [-0.25, -0.2) is 0 Å². The summed E-state index contributed by atoms with van der Waals surface area (Å²) >= 11 is 0. The fourth-order valence-corrected chi connectivity index (χ4v) is 3.79. The molecule has 4 rings (SSSR count). The minimum Gasteiger partial charge on any atom is -0.373 e. The molecule has 2 aliphatic heterocycles. The molecule has 2 atom stereocenters. The first-order valence-electron chi connectivity index (χ1n) is 8.95. The second-order valence-electron chi connectivity index (χ2n) is 7.50. The summed E-state index contributed by atoms with van der Waals surface area (Å²) in [7, 11) is 0. The van der Waals surface area contributed by atoms with Crippen LogP contribution >= 0.6 is 0 Å². The number of benzene rings is 2. The first kappa shape index (κ1) is 15.9. The van der Waals surface area contributed by atoms with Crippen LogP contribution in [0.1, 0.15) is 33.4 Å². The molecule has 2 heterocycles. The molecule has 0 bridgehead atoms. The third kappa shape index (κ3) is 3.26. The van der Waals surface area contributed by atoms with E-state index in [0.717, 1.165) is 26.1 Å². The fraction of sp³-hybridized carbons (Fsp3) is 0.455. The number of hydrogen-bond acceptors (Lipinski definition) is 2. The minimum atomic E-state index is 0.446. The molecule has 2 saturated heterocycles. The third-order valence-electron chi connectivity index (χ3n) is 5.39. The molecular weight excluding hydrogens is 296 g/mol. The molecule has 0 aliphatic carbocycles. The van der Waals surface area contributed by atoms with Gasteiger partial charge in [-0.15, -0.1) is 0 Å². The second kappa shape index (κ2) is 6.02. The molecule has 0 radical (unpaired) electrons. The van der Waals surface area contributed by atoms with Gasteiger partial charge in [0.25, 0.3) is 0 Å². The molecule has 2 aromatic rings. The maximum absolute atomic E-state index is 5.41. The van der Waals surface area contributed by atoms with E-state index in [1.165, 1.54) is 44.5 Å². The Kier molecular flexibility index (Phi) is 3.98. The van der Waals surface area contributed by atoms with Crippen molar-refractivity contribution >= 4 is 0 Å². The lowest BCUT2D eigenvalue weighted by atomic mass is 9.90. The van der Waals surface area contributed by atoms with Crippen molar-refractivity contribution in [2.45, 2.75) is 52.7 Å². The average molecular weight is 322 g/mol. The predicted octanol–water partition coefficient (Wildman–Crippen LogP) is 4.47. The smallest absolute Gasteiger partial charge is 0.0850 e. The Morgan fingerprint density at radius 3 is 1.21 bits per heavy atom. The molecule has 2 heteroatoms. The number of ether oxygens (including phenoxy) is 2. The normalized spacial score (nSPS) is 21.8. The monoisotopic (exact) mass is 322 g/mol. The standard InChI is InChI=1S/C22H26O2/c1-13-5-17(6-14(2)21(13)9-19-11-23-19)18-7-15(3)22(16(4)8-18)10-20-12-24-20/h5-8,19-20H,9-12H2,1-4H3. The van der Waals surface area contributed by atoms with Crippen LogP contribution < -0.4 is 0 Å². The van der Waals surface area contributed by atoms with Crippen molar-refractivity contribution in [3.05, 3.63) is 57.6 Å². The van der Waals surface area contributed by atoms with Crippen molar-refractivity contribution in [1.82, 2.24) is 0 Å². The Morgan fingerprint density at radius 2 is 0.958 bits per heavy atom. The summed E-state index contributed by atoms with van der Waals surface area (Å²) in [6.45, 7) is 10.8. The van der Waals surface area contributed by atoms with E-state index in [9.17, 15) is 0 Å². The van der Waals surface area contributed by atoms with Crippen LogP contribution in [0.3, 0.4) is 0 Å². The van der Waals surface area contributed by atoms with Gasteiger partial charge in [-0.1, -0.05) is 24.3 Å². The van der Waals surface area contributed by atoms with E-state index >= 15 is 0 Å². The third-order valence-corrected chi connectivity index (χ3v) is 5.39. The Morgan fingerprint density at radius 1 is 0.667 bits per heavy atom. The van der Waals surface area contributed by atoms with E-state index in [2.05, 4.69) is 52.0 Å². The quantitative estimate of drug-likeness (QED) is 0.759.